The molecule has 1 aromatic heterocycles. The van der Waals surface area contributed by atoms with Gasteiger partial charge in [0.25, 0.3) is 20.2 Å². The van der Waals surface area contributed by atoms with Gasteiger partial charge in [0.2, 0.25) is 5.69 Å². The fraction of sp³-hybridized carbons (Fsp3) is 0.367. The second-order valence-electron chi connectivity index (χ2n) is 18.0. The molecular weight excluding hydrogens is 1030 g/mol. The van der Waals surface area contributed by atoms with Crippen molar-refractivity contribution in [2.24, 2.45) is 0 Å². The summed E-state index contributed by atoms with van der Waals surface area (Å²) in [6.45, 7) is 12.2. The Morgan fingerprint density at radius 1 is 0.785 bits per heavy atom. The maximum atomic E-state index is 11.7. The Morgan fingerprint density at radius 2 is 1.43 bits per heavy atom. The molecule has 8 rings (SSSR count). The molecule has 0 amide bonds. The Kier molecular flexibility index (Phi) is 14.0. The van der Waals surface area contributed by atoms with Gasteiger partial charge in [0, 0.05) is 61.3 Å². The van der Waals surface area contributed by atoms with E-state index in [9.17, 15) is 25.9 Å². The molecule has 0 saturated heterocycles. The molecule has 5 aromatic rings. The van der Waals surface area contributed by atoms with Gasteiger partial charge < -0.3 is 4.90 Å². The van der Waals surface area contributed by atoms with Crippen molar-refractivity contribution in [2.45, 2.75) is 94.7 Å². The third-order valence-electron chi connectivity index (χ3n) is 12.7. The monoisotopic (exact) mass is 1080 g/mol. The Morgan fingerprint density at radius 3 is 2.08 bits per heavy atom. The minimum atomic E-state index is -4.07. The van der Waals surface area contributed by atoms with Crippen molar-refractivity contribution in [3.05, 3.63) is 132 Å². The van der Waals surface area contributed by atoms with E-state index in [0.717, 1.165) is 76.0 Å². The number of hydrogen-bond donors (Lipinski definition) is 2. The highest BCUT2D eigenvalue weighted by atomic mass is 79.9. The van der Waals surface area contributed by atoms with Crippen molar-refractivity contribution in [1.29, 1.82) is 0 Å². The predicted octanol–water partition coefficient (Wildman–Crippen LogP) is 12.8. The average molecular weight is 1080 g/mol. The minimum Gasteiger partial charge on any atom is -0.344 e. The van der Waals surface area contributed by atoms with Crippen LogP contribution in [0, 0.1) is 6.92 Å². The van der Waals surface area contributed by atoms with Crippen LogP contribution in [-0.2, 0) is 31.1 Å². The standard InChI is InChI=1S/C49H52Br2N4O6S4/c1-31-52-53-47(62-31)63-46-32(15-23-42-48(2,3)44-38-19-17-36(50)29-34(38)13-21-40(44)54(42)25-6-8-27-64(56,57)58)11-10-12-33(46)16-24-43-49(4,5)45-39-20-18-37(51)30-35(39)14-22-41(45)55(43)26-7-9-28-65(59,60)61/h13-24,29-30H,6-12,25-28H2,1-5H3,(H-,56,57,58,59,60,61)/p+1. The van der Waals surface area contributed by atoms with Crippen LogP contribution in [0.1, 0.15) is 88.8 Å². The van der Waals surface area contributed by atoms with Crippen LogP contribution in [0.25, 0.3) is 21.5 Å². The largest absolute Gasteiger partial charge is 0.344 e. The molecule has 2 aliphatic heterocycles. The molecule has 0 atom stereocenters. The number of nitrogens with zero attached hydrogens (tertiary/aromatic N) is 4. The molecule has 3 heterocycles. The molecule has 342 valence electrons. The van der Waals surface area contributed by atoms with E-state index in [4.69, 9.17) is 0 Å². The van der Waals surface area contributed by atoms with Gasteiger partial charge in [-0.05, 0) is 140 Å². The lowest BCUT2D eigenvalue weighted by molar-refractivity contribution is -0.438. The number of thioether (sulfide) groups is 1. The normalized spacial score (nSPS) is 18.6. The first-order chi connectivity index (χ1) is 30.7. The SMILES string of the molecule is Cc1nnc(SC2=C(/C=C/C3=[N+](CCCCS(=O)(=O)O)c4ccc5cc(Br)ccc5c4C3(C)C)CCC/C2=C\C=C2\N(CCCCS(=O)(=O)O)c3ccc4cc(Br)ccc4c3C2(C)C)s1. The third-order valence-corrected chi connectivity index (χ3v) is 17.5. The summed E-state index contributed by atoms with van der Waals surface area (Å²) in [6, 6.07) is 21.4. The van der Waals surface area contributed by atoms with Crippen LogP contribution in [0.2, 0.25) is 0 Å². The number of hydrogen-bond acceptors (Lipinski definition) is 9. The molecule has 0 radical (unpaired) electrons. The Balaban J connectivity index is 1.22. The highest BCUT2D eigenvalue weighted by Gasteiger charge is 2.46. The van der Waals surface area contributed by atoms with Crippen LogP contribution < -0.4 is 4.90 Å². The van der Waals surface area contributed by atoms with Gasteiger partial charge in [-0.2, -0.15) is 21.4 Å². The maximum absolute atomic E-state index is 11.7. The van der Waals surface area contributed by atoms with Crippen LogP contribution in [0.15, 0.2) is 120 Å². The summed E-state index contributed by atoms with van der Waals surface area (Å²) in [7, 11) is -8.14. The van der Waals surface area contributed by atoms with Crippen molar-refractivity contribution >= 4 is 114 Å². The van der Waals surface area contributed by atoms with Gasteiger partial charge in [-0.25, -0.2) is 0 Å². The number of halogens is 2. The van der Waals surface area contributed by atoms with Crippen molar-refractivity contribution < 1.29 is 30.5 Å². The number of aryl methyl sites for hydroxylation is 1. The van der Waals surface area contributed by atoms with Crippen LogP contribution in [0.3, 0.4) is 0 Å². The number of benzene rings is 4. The molecule has 65 heavy (non-hydrogen) atoms. The van der Waals surface area contributed by atoms with Crippen LogP contribution >= 0.6 is 55.0 Å². The summed E-state index contributed by atoms with van der Waals surface area (Å²) in [4.78, 5) is 3.48. The quantitative estimate of drug-likeness (QED) is 0.0591. The summed E-state index contributed by atoms with van der Waals surface area (Å²) in [6.07, 6.45) is 13.6. The van der Waals surface area contributed by atoms with E-state index in [-0.39, 0.29) is 11.5 Å². The first-order valence-corrected chi connectivity index (χ1v) is 28.2. The molecule has 10 nitrogen and oxygen atoms in total. The lowest BCUT2D eigenvalue weighted by Gasteiger charge is -2.27. The molecule has 0 unspecified atom stereocenters. The Labute approximate surface area is 407 Å². The summed E-state index contributed by atoms with van der Waals surface area (Å²) < 4.78 is 70.9. The number of unbranched alkanes of at least 4 members (excludes halogenated alkanes) is 2. The van der Waals surface area contributed by atoms with Gasteiger partial charge in [0.1, 0.15) is 11.6 Å². The minimum absolute atomic E-state index is 0.276. The zero-order chi connectivity index (χ0) is 46.5. The Bertz CT molecular complexity index is 3110. The number of anilines is 1. The topological polar surface area (TPSA) is 141 Å². The number of rotatable bonds is 15. The van der Waals surface area contributed by atoms with Crippen molar-refractivity contribution in [3.8, 4) is 0 Å². The number of allylic oxidation sites excluding steroid dienone is 7. The molecule has 16 heteroatoms. The lowest BCUT2D eigenvalue weighted by atomic mass is 9.78. The molecule has 0 bridgehead atoms. The lowest BCUT2D eigenvalue weighted by Crippen LogP contribution is -2.28. The van der Waals surface area contributed by atoms with E-state index in [1.807, 2.05) is 6.92 Å². The summed E-state index contributed by atoms with van der Waals surface area (Å²) >= 11 is 10.5. The van der Waals surface area contributed by atoms with Crippen LogP contribution in [0.5, 0.6) is 0 Å². The first kappa shape index (κ1) is 48.0. The zero-order valence-electron chi connectivity index (χ0n) is 37.1. The molecular formula is C49H53Br2N4O6S4+. The molecule has 0 saturated carbocycles. The van der Waals surface area contributed by atoms with Gasteiger partial charge in [0.15, 0.2) is 10.1 Å². The fourth-order valence-electron chi connectivity index (χ4n) is 9.84. The van der Waals surface area contributed by atoms with Crippen molar-refractivity contribution in [3.63, 3.8) is 0 Å². The average Bonchev–Trinajstić information content (AvgIpc) is 3.81. The van der Waals surface area contributed by atoms with Gasteiger partial charge in [-0.1, -0.05) is 99.2 Å². The summed E-state index contributed by atoms with van der Waals surface area (Å²) in [5.74, 6) is -0.553. The van der Waals surface area contributed by atoms with Gasteiger partial charge >= 0.3 is 0 Å². The maximum Gasteiger partial charge on any atom is 0.264 e. The van der Waals surface area contributed by atoms with Crippen molar-refractivity contribution in [2.75, 3.05) is 29.5 Å². The van der Waals surface area contributed by atoms with Gasteiger partial charge in [0.05, 0.1) is 16.9 Å². The molecule has 2 N–H and O–H groups in total. The summed E-state index contributed by atoms with van der Waals surface area (Å²) in [5, 5.41) is 14.4. The molecule has 0 fully saturated rings. The second kappa shape index (κ2) is 18.9. The molecule has 0 spiro atoms. The predicted molar refractivity (Wildman–Crippen MR) is 274 cm³/mol. The van der Waals surface area contributed by atoms with E-state index < -0.39 is 31.1 Å². The third kappa shape index (κ3) is 10.3. The van der Waals surface area contributed by atoms with E-state index in [1.54, 1.807) is 23.1 Å². The molecule has 4 aromatic carbocycles. The fourth-order valence-corrected chi connectivity index (χ4v) is 13.8. The van der Waals surface area contributed by atoms with Gasteiger partial charge in [-0.3, -0.25) is 9.11 Å². The van der Waals surface area contributed by atoms with E-state index in [0.29, 0.717) is 38.8 Å². The zero-order valence-corrected chi connectivity index (χ0v) is 43.5. The smallest absolute Gasteiger partial charge is 0.264 e. The molecule has 1 aliphatic carbocycles. The Hall–Kier alpha value is -3.48. The number of aromatic nitrogens is 2. The second-order valence-corrected chi connectivity index (χ2v) is 25.5. The van der Waals surface area contributed by atoms with Crippen molar-refractivity contribution in [1.82, 2.24) is 10.2 Å². The van der Waals surface area contributed by atoms with E-state index in [1.165, 1.54) is 33.0 Å². The number of fused-ring (bicyclic) bond motifs is 6. The van der Waals surface area contributed by atoms with E-state index in [2.05, 4.69) is 164 Å². The first-order valence-electron chi connectivity index (χ1n) is 21.8. The van der Waals surface area contributed by atoms with Gasteiger partial charge in [-0.15, -0.1) is 10.2 Å². The summed E-state index contributed by atoms with van der Waals surface area (Å²) in [5.41, 5.74) is 8.50. The van der Waals surface area contributed by atoms with Crippen LogP contribution in [0.4, 0.5) is 11.4 Å². The highest BCUT2D eigenvalue weighted by Crippen LogP contribution is 2.52. The van der Waals surface area contributed by atoms with E-state index >= 15 is 0 Å². The molecule has 3 aliphatic rings. The van der Waals surface area contributed by atoms with Crippen LogP contribution in [-0.4, -0.2) is 71.0 Å². The highest BCUT2D eigenvalue weighted by molar-refractivity contribution is 9.10.